The lowest BCUT2D eigenvalue weighted by Gasteiger charge is -2.17. The Hall–Kier alpha value is -1.33. The maximum atomic E-state index is 8.82. The molecule has 0 bridgehead atoms. The van der Waals surface area contributed by atoms with Crippen LogP contribution >= 0.6 is 0 Å². The number of aliphatic hydroxyl groups is 1. The van der Waals surface area contributed by atoms with Crippen molar-refractivity contribution in [2.24, 2.45) is 0 Å². The Morgan fingerprint density at radius 1 is 1.38 bits per heavy atom. The fourth-order valence-electron chi connectivity index (χ4n) is 1.47. The summed E-state index contributed by atoms with van der Waals surface area (Å²) in [6, 6.07) is 1.76. The number of ether oxygens (including phenoxy) is 2. The minimum absolute atomic E-state index is 0.128. The van der Waals surface area contributed by atoms with Gasteiger partial charge in [-0.25, -0.2) is 0 Å². The number of nitrogens with zero attached hydrogens (tertiary/aromatic N) is 2. The third-order valence-electron chi connectivity index (χ3n) is 2.27. The van der Waals surface area contributed by atoms with Crippen molar-refractivity contribution >= 4 is 0 Å². The summed E-state index contributed by atoms with van der Waals surface area (Å²) in [5, 5.41) is 8.82. The summed E-state index contributed by atoms with van der Waals surface area (Å²) in [7, 11) is 5.10. The van der Waals surface area contributed by atoms with E-state index in [0.717, 1.165) is 5.69 Å². The first-order chi connectivity index (χ1) is 7.72. The molecule has 16 heavy (non-hydrogen) atoms. The first kappa shape index (κ1) is 12.7. The fraction of sp³-hybridized carbons (Fsp3) is 0.545. The predicted molar refractivity (Wildman–Crippen MR) is 60.8 cm³/mol. The molecule has 0 aliphatic rings. The maximum absolute atomic E-state index is 8.82. The SMILES string of the molecule is COc1ccnc(CN(C)CCO)c1OC. The van der Waals surface area contributed by atoms with Gasteiger partial charge in [0.05, 0.1) is 20.8 Å². The summed E-state index contributed by atoms with van der Waals surface area (Å²) >= 11 is 0. The zero-order chi connectivity index (χ0) is 12.0. The zero-order valence-electron chi connectivity index (χ0n) is 9.93. The highest BCUT2D eigenvalue weighted by Crippen LogP contribution is 2.29. The second-order valence-corrected chi connectivity index (χ2v) is 3.45. The normalized spacial score (nSPS) is 10.6. The Labute approximate surface area is 95.6 Å². The minimum Gasteiger partial charge on any atom is -0.493 e. The van der Waals surface area contributed by atoms with Gasteiger partial charge in [0.1, 0.15) is 5.69 Å². The van der Waals surface area contributed by atoms with E-state index < -0.39 is 0 Å². The molecule has 1 N–H and O–H groups in total. The van der Waals surface area contributed by atoms with Crippen LogP contribution in [0.3, 0.4) is 0 Å². The van der Waals surface area contributed by atoms with Crippen LogP contribution in [0.1, 0.15) is 5.69 Å². The van der Waals surface area contributed by atoms with Gasteiger partial charge in [-0.15, -0.1) is 0 Å². The minimum atomic E-state index is 0.128. The topological polar surface area (TPSA) is 54.8 Å². The molecular weight excluding hydrogens is 208 g/mol. The largest absolute Gasteiger partial charge is 0.493 e. The predicted octanol–water partition coefficient (Wildman–Crippen LogP) is 0.523. The second kappa shape index (κ2) is 6.30. The maximum Gasteiger partial charge on any atom is 0.183 e. The van der Waals surface area contributed by atoms with Crippen LogP contribution < -0.4 is 9.47 Å². The van der Waals surface area contributed by atoms with Crippen molar-refractivity contribution in [3.8, 4) is 11.5 Å². The number of methoxy groups -OCH3 is 2. The summed E-state index contributed by atoms with van der Waals surface area (Å²) in [6.07, 6.45) is 1.68. The highest BCUT2D eigenvalue weighted by molar-refractivity contribution is 5.42. The molecule has 0 aromatic carbocycles. The Bertz CT molecular complexity index is 331. The standard InChI is InChI=1S/C11H18N2O3/c1-13(6-7-14)8-9-11(16-3)10(15-2)4-5-12-9/h4-5,14H,6-8H2,1-3H3. The van der Waals surface area contributed by atoms with E-state index in [0.29, 0.717) is 24.6 Å². The lowest BCUT2D eigenvalue weighted by atomic mass is 10.3. The lowest BCUT2D eigenvalue weighted by molar-refractivity contribution is 0.214. The summed E-state index contributed by atoms with van der Waals surface area (Å²) in [4.78, 5) is 6.21. The number of hydrogen-bond acceptors (Lipinski definition) is 5. The van der Waals surface area contributed by atoms with E-state index >= 15 is 0 Å². The molecule has 90 valence electrons. The Morgan fingerprint density at radius 3 is 2.69 bits per heavy atom. The van der Waals surface area contributed by atoms with Gasteiger partial charge in [0, 0.05) is 25.4 Å². The molecule has 0 saturated heterocycles. The van der Waals surface area contributed by atoms with Crippen molar-refractivity contribution in [3.63, 3.8) is 0 Å². The molecule has 1 heterocycles. The van der Waals surface area contributed by atoms with Gasteiger partial charge < -0.3 is 14.6 Å². The van der Waals surface area contributed by atoms with Gasteiger partial charge >= 0.3 is 0 Å². The molecule has 0 radical (unpaired) electrons. The van der Waals surface area contributed by atoms with Gasteiger partial charge in [-0.05, 0) is 7.05 Å². The van der Waals surface area contributed by atoms with Crippen LogP contribution in [0.25, 0.3) is 0 Å². The van der Waals surface area contributed by atoms with E-state index in [1.165, 1.54) is 0 Å². The van der Waals surface area contributed by atoms with Crippen molar-refractivity contribution in [2.75, 3.05) is 34.4 Å². The molecule has 0 fully saturated rings. The number of pyridine rings is 1. The zero-order valence-corrected chi connectivity index (χ0v) is 9.93. The Morgan fingerprint density at radius 2 is 2.12 bits per heavy atom. The number of aliphatic hydroxyl groups excluding tert-OH is 1. The molecule has 0 atom stereocenters. The molecule has 0 aliphatic carbocycles. The van der Waals surface area contributed by atoms with Crippen molar-refractivity contribution in [1.82, 2.24) is 9.88 Å². The van der Waals surface area contributed by atoms with Crippen LogP contribution in [0.4, 0.5) is 0 Å². The van der Waals surface area contributed by atoms with E-state index in [1.807, 2.05) is 11.9 Å². The molecular formula is C11H18N2O3. The Balaban J connectivity index is 2.86. The van der Waals surface area contributed by atoms with Crippen LogP contribution in [0, 0.1) is 0 Å². The van der Waals surface area contributed by atoms with E-state index in [1.54, 1.807) is 26.5 Å². The second-order valence-electron chi connectivity index (χ2n) is 3.45. The van der Waals surface area contributed by atoms with Crippen LogP contribution in [0.2, 0.25) is 0 Å². The molecule has 5 nitrogen and oxygen atoms in total. The van der Waals surface area contributed by atoms with Crippen molar-refractivity contribution in [1.29, 1.82) is 0 Å². The number of aromatic nitrogens is 1. The van der Waals surface area contributed by atoms with Crippen LogP contribution in [0.5, 0.6) is 11.5 Å². The quantitative estimate of drug-likeness (QED) is 0.766. The van der Waals surface area contributed by atoms with Gasteiger partial charge in [-0.3, -0.25) is 9.88 Å². The third-order valence-corrected chi connectivity index (χ3v) is 2.27. The molecule has 1 aromatic heterocycles. The third kappa shape index (κ3) is 3.08. The van der Waals surface area contributed by atoms with Crippen LogP contribution in [-0.4, -0.2) is 49.4 Å². The molecule has 5 heteroatoms. The summed E-state index contributed by atoms with van der Waals surface area (Å²) in [5.41, 5.74) is 0.804. The molecule has 0 spiro atoms. The van der Waals surface area contributed by atoms with Crippen molar-refractivity contribution < 1.29 is 14.6 Å². The molecule has 0 amide bonds. The first-order valence-corrected chi connectivity index (χ1v) is 5.08. The number of likely N-dealkylation sites (N-methyl/N-ethyl adjacent to an activating group) is 1. The summed E-state index contributed by atoms with van der Waals surface area (Å²) in [5.74, 6) is 1.32. The van der Waals surface area contributed by atoms with E-state index in [2.05, 4.69) is 4.98 Å². The van der Waals surface area contributed by atoms with E-state index in [-0.39, 0.29) is 6.61 Å². The average Bonchev–Trinajstić information content (AvgIpc) is 2.29. The lowest BCUT2D eigenvalue weighted by Crippen LogP contribution is -2.22. The first-order valence-electron chi connectivity index (χ1n) is 5.08. The average molecular weight is 226 g/mol. The molecule has 0 unspecified atom stereocenters. The van der Waals surface area contributed by atoms with Gasteiger partial charge in [0.2, 0.25) is 0 Å². The van der Waals surface area contributed by atoms with Crippen LogP contribution in [0.15, 0.2) is 12.3 Å². The van der Waals surface area contributed by atoms with Crippen molar-refractivity contribution in [3.05, 3.63) is 18.0 Å². The van der Waals surface area contributed by atoms with Gasteiger partial charge in [-0.2, -0.15) is 0 Å². The van der Waals surface area contributed by atoms with E-state index in [9.17, 15) is 0 Å². The molecule has 1 rings (SSSR count). The summed E-state index contributed by atoms with van der Waals surface area (Å²) < 4.78 is 10.5. The smallest absolute Gasteiger partial charge is 0.183 e. The highest BCUT2D eigenvalue weighted by Gasteiger charge is 2.12. The van der Waals surface area contributed by atoms with Crippen LogP contribution in [-0.2, 0) is 6.54 Å². The summed E-state index contributed by atoms with van der Waals surface area (Å²) in [6.45, 7) is 1.34. The number of rotatable bonds is 6. The van der Waals surface area contributed by atoms with Crippen molar-refractivity contribution in [2.45, 2.75) is 6.54 Å². The molecule has 0 aliphatic heterocycles. The van der Waals surface area contributed by atoms with Gasteiger partial charge in [0.15, 0.2) is 11.5 Å². The fourth-order valence-corrected chi connectivity index (χ4v) is 1.47. The number of hydrogen-bond donors (Lipinski definition) is 1. The van der Waals surface area contributed by atoms with Gasteiger partial charge in [0.25, 0.3) is 0 Å². The van der Waals surface area contributed by atoms with E-state index in [4.69, 9.17) is 14.6 Å². The molecule has 0 saturated carbocycles. The highest BCUT2D eigenvalue weighted by atomic mass is 16.5. The Kier molecular flexibility index (Phi) is 5.01. The molecule has 1 aromatic rings. The monoisotopic (exact) mass is 226 g/mol. The van der Waals surface area contributed by atoms with Gasteiger partial charge in [-0.1, -0.05) is 0 Å².